The van der Waals surface area contributed by atoms with Crippen LogP contribution in [0.2, 0.25) is 0 Å². The number of nitrogens with two attached hydrogens (primary N) is 1. The molecule has 22 heavy (non-hydrogen) atoms. The molecule has 1 rings (SSSR count). The summed E-state index contributed by atoms with van der Waals surface area (Å²) in [6.07, 6.45) is 3.19. The molecule has 0 aliphatic rings. The summed E-state index contributed by atoms with van der Waals surface area (Å²) >= 11 is 0. The van der Waals surface area contributed by atoms with Gasteiger partial charge in [-0.2, -0.15) is 0 Å². The van der Waals surface area contributed by atoms with Gasteiger partial charge in [0, 0.05) is 6.04 Å². The molecule has 0 bridgehead atoms. The minimum atomic E-state index is -0.571. The highest BCUT2D eigenvalue weighted by Crippen LogP contribution is 2.17. The number of benzene rings is 1. The van der Waals surface area contributed by atoms with Gasteiger partial charge < -0.3 is 15.8 Å². The van der Waals surface area contributed by atoms with E-state index >= 15 is 0 Å². The highest BCUT2D eigenvalue weighted by molar-refractivity contribution is 5.95. The van der Waals surface area contributed by atoms with Gasteiger partial charge in [-0.15, -0.1) is 0 Å². The van der Waals surface area contributed by atoms with Crippen molar-refractivity contribution in [3.8, 4) is 5.75 Å². The molecule has 2 amide bonds. The molecule has 1 aromatic carbocycles. The molecule has 1 unspecified atom stereocenters. The fourth-order valence-corrected chi connectivity index (χ4v) is 2.16. The first-order chi connectivity index (χ1) is 10.4. The molecule has 5 nitrogen and oxygen atoms in total. The summed E-state index contributed by atoms with van der Waals surface area (Å²) in [5.74, 6) is 0.239. The molecule has 5 heteroatoms. The Morgan fingerprint density at radius 3 is 2.50 bits per heavy atom. The Bertz CT molecular complexity index is 500. The molecule has 0 aliphatic heterocycles. The van der Waals surface area contributed by atoms with Crippen LogP contribution in [-0.4, -0.2) is 24.5 Å². The Balaban J connectivity index is 2.39. The minimum absolute atomic E-state index is 0.112. The maximum Gasteiger partial charge on any atom is 0.258 e. The first-order valence-electron chi connectivity index (χ1n) is 7.71. The second kappa shape index (κ2) is 9.07. The zero-order chi connectivity index (χ0) is 16.5. The van der Waals surface area contributed by atoms with Crippen LogP contribution in [0, 0.1) is 5.92 Å². The lowest BCUT2D eigenvalue weighted by atomic mass is 10.0. The summed E-state index contributed by atoms with van der Waals surface area (Å²) in [6, 6.07) is 6.74. The highest BCUT2D eigenvalue weighted by atomic mass is 16.5. The SMILES string of the molecule is CC(C)CCCC(C)NC(=O)COc1ccccc1C(N)=O. The Kier molecular flexibility index (Phi) is 7.43. The third-order valence-corrected chi connectivity index (χ3v) is 3.34. The summed E-state index contributed by atoms with van der Waals surface area (Å²) in [4.78, 5) is 23.1. The number of primary amides is 1. The summed E-state index contributed by atoms with van der Waals surface area (Å²) in [5, 5.41) is 2.89. The van der Waals surface area contributed by atoms with Gasteiger partial charge in [0.15, 0.2) is 6.61 Å². The number of carbonyl (C=O) groups is 2. The zero-order valence-corrected chi connectivity index (χ0v) is 13.6. The van der Waals surface area contributed by atoms with Gasteiger partial charge in [-0.05, 0) is 31.4 Å². The van der Waals surface area contributed by atoms with E-state index in [1.54, 1.807) is 24.3 Å². The third kappa shape index (κ3) is 6.61. The molecule has 1 atom stereocenters. The summed E-state index contributed by atoms with van der Waals surface area (Å²) < 4.78 is 5.39. The molecule has 122 valence electrons. The van der Waals surface area contributed by atoms with Gasteiger partial charge in [-0.1, -0.05) is 38.8 Å². The highest BCUT2D eigenvalue weighted by Gasteiger charge is 2.12. The van der Waals surface area contributed by atoms with E-state index in [0.717, 1.165) is 19.3 Å². The number of amides is 2. The number of hydrogen-bond donors (Lipinski definition) is 2. The number of hydrogen-bond acceptors (Lipinski definition) is 3. The number of carbonyl (C=O) groups excluding carboxylic acids is 2. The molecule has 0 saturated carbocycles. The Morgan fingerprint density at radius 1 is 1.18 bits per heavy atom. The van der Waals surface area contributed by atoms with E-state index in [1.165, 1.54) is 0 Å². The smallest absolute Gasteiger partial charge is 0.258 e. The first-order valence-corrected chi connectivity index (χ1v) is 7.71. The van der Waals surface area contributed by atoms with E-state index in [-0.39, 0.29) is 24.1 Å². The van der Waals surface area contributed by atoms with Crippen molar-refractivity contribution in [1.82, 2.24) is 5.32 Å². The Morgan fingerprint density at radius 2 is 1.86 bits per heavy atom. The van der Waals surface area contributed by atoms with E-state index in [0.29, 0.717) is 11.7 Å². The third-order valence-electron chi connectivity index (χ3n) is 3.34. The largest absolute Gasteiger partial charge is 0.483 e. The molecular formula is C17H26N2O3. The van der Waals surface area contributed by atoms with Crippen LogP contribution in [0.3, 0.4) is 0 Å². The van der Waals surface area contributed by atoms with Crippen LogP contribution in [0.4, 0.5) is 0 Å². The lowest BCUT2D eigenvalue weighted by Crippen LogP contribution is -2.36. The van der Waals surface area contributed by atoms with E-state index in [4.69, 9.17) is 10.5 Å². The average molecular weight is 306 g/mol. The fourth-order valence-electron chi connectivity index (χ4n) is 2.16. The van der Waals surface area contributed by atoms with Crippen molar-refractivity contribution in [3.63, 3.8) is 0 Å². The molecule has 0 heterocycles. The molecule has 0 aliphatic carbocycles. The summed E-state index contributed by atoms with van der Waals surface area (Å²) in [5.41, 5.74) is 5.54. The maximum absolute atomic E-state index is 11.9. The van der Waals surface area contributed by atoms with E-state index in [9.17, 15) is 9.59 Å². The number of rotatable bonds is 9. The van der Waals surface area contributed by atoms with Crippen molar-refractivity contribution in [2.75, 3.05) is 6.61 Å². The monoisotopic (exact) mass is 306 g/mol. The molecule has 0 spiro atoms. The lowest BCUT2D eigenvalue weighted by Gasteiger charge is -2.15. The zero-order valence-electron chi connectivity index (χ0n) is 13.6. The minimum Gasteiger partial charge on any atom is -0.483 e. The summed E-state index contributed by atoms with van der Waals surface area (Å²) in [6.45, 7) is 6.23. The van der Waals surface area contributed by atoms with Crippen LogP contribution in [-0.2, 0) is 4.79 Å². The second-order valence-electron chi connectivity index (χ2n) is 5.94. The predicted octanol–water partition coefficient (Wildman–Crippen LogP) is 2.50. The average Bonchev–Trinajstić information content (AvgIpc) is 2.44. The molecule has 0 aromatic heterocycles. The van der Waals surface area contributed by atoms with Crippen molar-refractivity contribution >= 4 is 11.8 Å². The van der Waals surface area contributed by atoms with Crippen LogP contribution in [0.15, 0.2) is 24.3 Å². The quantitative estimate of drug-likeness (QED) is 0.735. The van der Waals surface area contributed by atoms with E-state index in [1.807, 2.05) is 6.92 Å². The van der Waals surface area contributed by atoms with Crippen molar-refractivity contribution < 1.29 is 14.3 Å². The van der Waals surface area contributed by atoms with Gasteiger partial charge in [0.2, 0.25) is 0 Å². The van der Waals surface area contributed by atoms with Crippen molar-refractivity contribution in [1.29, 1.82) is 0 Å². The molecule has 0 radical (unpaired) electrons. The van der Waals surface area contributed by atoms with Crippen molar-refractivity contribution in [3.05, 3.63) is 29.8 Å². The first kappa shape index (κ1) is 18.0. The molecular weight excluding hydrogens is 280 g/mol. The predicted molar refractivity (Wildman–Crippen MR) is 86.7 cm³/mol. The van der Waals surface area contributed by atoms with Crippen LogP contribution >= 0.6 is 0 Å². The van der Waals surface area contributed by atoms with Crippen LogP contribution in [0.1, 0.15) is 50.4 Å². The lowest BCUT2D eigenvalue weighted by molar-refractivity contribution is -0.123. The molecule has 0 saturated heterocycles. The Labute approximate surface area is 132 Å². The van der Waals surface area contributed by atoms with Gasteiger partial charge in [0.25, 0.3) is 11.8 Å². The van der Waals surface area contributed by atoms with Crippen LogP contribution < -0.4 is 15.8 Å². The summed E-state index contributed by atoms with van der Waals surface area (Å²) in [7, 11) is 0. The second-order valence-corrected chi connectivity index (χ2v) is 5.94. The molecule has 1 aromatic rings. The Hall–Kier alpha value is -2.04. The van der Waals surface area contributed by atoms with Crippen molar-refractivity contribution in [2.24, 2.45) is 11.7 Å². The topological polar surface area (TPSA) is 81.4 Å². The maximum atomic E-state index is 11.9. The fraction of sp³-hybridized carbons (Fsp3) is 0.529. The van der Waals surface area contributed by atoms with Crippen LogP contribution in [0.5, 0.6) is 5.75 Å². The molecule has 0 fully saturated rings. The normalized spacial score (nSPS) is 12.0. The molecule has 3 N–H and O–H groups in total. The van der Waals surface area contributed by atoms with Gasteiger partial charge >= 0.3 is 0 Å². The van der Waals surface area contributed by atoms with E-state index in [2.05, 4.69) is 19.2 Å². The van der Waals surface area contributed by atoms with Gasteiger partial charge in [-0.3, -0.25) is 9.59 Å². The van der Waals surface area contributed by atoms with E-state index < -0.39 is 5.91 Å². The number of para-hydroxylation sites is 1. The number of nitrogens with one attached hydrogen (secondary N) is 1. The van der Waals surface area contributed by atoms with Gasteiger partial charge in [0.1, 0.15) is 5.75 Å². The van der Waals surface area contributed by atoms with Crippen molar-refractivity contribution in [2.45, 2.75) is 46.1 Å². The number of ether oxygens (including phenoxy) is 1. The van der Waals surface area contributed by atoms with Gasteiger partial charge in [-0.25, -0.2) is 0 Å². The van der Waals surface area contributed by atoms with Crippen LogP contribution in [0.25, 0.3) is 0 Å². The standard InChI is InChI=1S/C17H26N2O3/c1-12(2)7-6-8-13(3)19-16(20)11-22-15-10-5-4-9-14(15)17(18)21/h4-5,9-10,12-13H,6-8,11H2,1-3H3,(H2,18,21)(H,19,20). The van der Waals surface area contributed by atoms with Gasteiger partial charge in [0.05, 0.1) is 5.56 Å².